The molecule has 0 aliphatic rings. The molecular formula is C18H17F3N2O3S. The summed E-state index contributed by atoms with van der Waals surface area (Å²) in [6.07, 6.45) is -4.84. The number of nitro groups is 1. The van der Waals surface area contributed by atoms with Gasteiger partial charge in [0.25, 0.3) is 5.69 Å². The van der Waals surface area contributed by atoms with E-state index in [4.69, 9.17) is 0 Å². The second-order valence-electron chi connectivity index (χ2n) is 6.00. The van der Waals surface area contributed by atoms with E-state index in [1.54, 1.807) is 6.92 Å². The van der Waals surface area contributed by atoms with Crippen LogP contribution in [0.4, 0.5) is 24.5 Å². The molecule has 0 aromatic heterocycles. The number of rotatable bonds is 5. The number of thioether (sulfide) groups is 1. The lowest BCUT2D eigenvalue weighted by Gasteiger charge is -2.17. The fraction of sp³-hybridized carbons (Fsp3) is 0.278. The normalized spacial score (nSPS) is 12.5. The molecule has 144 valence electrons. The first kappa shape index (κ1) is 20.8. The zero-order chi connectivity index (χ0) is 20.4. The Morgan fingerprint density at radius 2 is 1.85 bits per heavy atom. The van der Waals surface area contributed by atoms with E-state index in [2.05, 4.69) is 5.32 Å². The van der Waals surface area contributed by atoms with Crippen molar-refractivity contribution in [3.05, 3.63) is 63.2 Å². The molecule has 2 rings (SSSR count). The fourth-order valence-electron chi connectivity index (χ4n) is 2.30. The van der Waals surface area contributed by atoms with E-state index in [1.807, 2.05) is 32.0 Å². The molecule has 0 aliphatic carbocycles. The molecule has 0 spiro atoms. The molecule has 0 saturated heterocycles. The predicted octanol–water partition coefficient (Wildman–Crippen LogP) is 5.35. The number of halogens is 3. The molecular weight excluding hydrogens is 381 g/mol. The third kappa shape index (κ3) is 5.22. The SMILES string of the molecule is Cc1ccc(C)c(S[C@H](C)C(=O)Nc2ccc([N+](=O)[O-])cc2C(F)(F)F)c1. The summed E-state index contributed by atoms with van der Waals surface area (Å²) in [7, 11) is 0. The Hall–Kier alpha value is -2.55. The van der Waals surface area contributed by atoms with Gasteiger partial charge in [-0.25, -0.2) is 0 Å². The second-order valence-corrected chi connectivity index (χ2v) is 7.39. The predicted molar refractivity (Wildman–Crippen MR) is 98.0 cm³/mol. The summed E-state index contributed by atoms with van der Waals surface area (Å²) in [6, 6.07) is 7.97. The van der Waals surface area contributed by atoms with Crippen molar-refractivity contribution in [3.63, 3.8) is 0 Å². The van der Waals surface area contributed by atoms with Crippen LogP contribution in [0.5, 0.6) is 0 Å². The Balaban J connectivity index is 2.24. The van der Waals surface area contributed by atoms with Gasteiger partial charge in [0, 0.05) is 17.0 Å². The van der Waals surface area contributed by atoms with Crippen LogP contribution in [-0.2, 0) is 11.0 Å². The quantitative estimate of drug-likeness (QED) is 0.419. The largest absolute Gasteiger partial charge is 0.418 e. The Morgan fingerprint density at radius 3 is 2.44 bits per heavy atom. The van der Waals surface area contributed by atoms with Crippen LogP contribution in [0.2, 0.25) is 0 Å². The molecule has 1 N–H and O–H groups in total. The zero-order valence-corrected chi connectivity index (χ0v) is 15.6. The average Bonchev–Trinajstić information content (AvgIpc) is 2.57. The molecule has 0 unspecified atom stereocenters. The monoisotopic (exact) mass is 398 g/mol. The third-order valence-corrected chi connectivity index (χ3v) is 5.06. The molecule has 1 atom stereocenters. The maximum atomic E-state index is 13.2. The number of carbonyl (C=O) groups excluding carboxylic acids is 1. The van der Waals surface area contributed by atoms with Gasteiger partial charge in [-0.2, -0.15) is 13.2 Å². The summed E-state index contributed by atoms with van der Waals surface area (Å²) in [4.78, 5) is 23.1. The first-order valence-electron chi connectivity index (χ1n) is 7.89. The Kier molecular flexibility index (Phi) is 6.15. The van der Waals surface area contributed by atoms with Crippen molar-refractivity contribution in [2.45, 2.75) is 37.1 Å². The van der Waals surface area contributed by atoms with Crippen LogP contribution in [0.15, 0.2) is 41.3 Å². The van der Waals surface area contributed by atoms with Gasteiger partial charge in [0.05, 0.1) is 21.4 Å². The van der Waals surface area contributed by atoms with Crippen molar-refractivity contribution < 1.29 is 22.9 Å². The number of alkyl halides is 3. The molecule has 0 bridgehead atoms. The van der Waals surface area contributed by atoms with Crippen molar-refractivity contribution in [3.8, 4) is 0 Å². The molecule has 0 radical (unpaired) electrons. The van der Waals surface area contributed by atoms with Gasteiger partial charge in [-0.3, -0.25) is 14.9 Å². The first-order chi connectivity index (χ1) is 12.5. The third-order valence-electron chi connectivity index (χ3n) is 3.79. The highest BCUT2D eigenvalue weighted by atomic mass is 32.2. The Morgan fingerprint density at radius 1 is 1.19 bits per heavy atom. The van der Waals surface area contributed by atoms with Crippen LogP contribution in [0.1, 0.15) is 23.6 Å². The van der Waals surface area contributed by atoms with E-state index < -0.39 is 39.2 Å². The standard InChI is InChI=1S/C18H17F3N2O3S/c1-10-4-5-11(2)16(8-10)27-12(3)17(24)22-15-7-6-13(23(25)26)9-14(15)18(19,20)21/h4-9,12H,1-3H3,(H,22,24)/t12-/m1/s1. The maximum absolute atomic E-state index is 13.2. The Bertz CT molecular complexity index is 885. The summed E-state index contributed by atoms with van der Waals surface area (Å²) in [5.74, 6) is -0.625. The van der Waals surface area contributed by atoms with Crippen molar-refractivity contribution in [2.24, 2.45) is 0 Å². The van der Waals surface area contributed by atoms with Crippen LogP contribution >= 0.6 is 11.8 Å². The number of amides is 1. The average molecular weight is 398 g/mol. The molecule has 27 heavy (non-hydrogen) atoms. The van der Waals surface area contributed by atoms with Gasteiger partial charge < -0.3 is 5.32 Å². The highest BCUT2D eigenvalue weighted by Crippen LogP contribution is 2.37. The number of aryl methyl sites for hydroxylation is 2. The number of carbonyl (C=O) groups is 1. The topological polar surface area (TPSA) is 72.2 Å². The summed E-state index contributed by atoms with van der Waals surface area (Å²) >= 11 is 1.23. The molecule has 2 aromatic rings. The van der Waals surface area contributed by atoms with Crippen LogP contribution in [-0.4, -0.2) is 16.1 Å². The number of nitrogens with zero attached hydrogens (tertiary/aromatic N) is 1. The zero-order valence-electron chi connectivity index (χ0n) is 14.8. The number of anilines is 1. The van der Waals surface area contributed by atoms with Crippen LogP contribution < -0.4 is 5.32 Å². The molecule has 0 fully saturated rings. The number of benzene rings is 2. The van der Waals surface area contributed by atoms with Crippen molar-refractivity contribution >= 4 is 29.0 Å². The lowest BCUT2D eigenvalue weighted by molar-refractivity contribution is -0.385. The number of hydrogen-bond donors (Lipinski definition) is 1. The van der Waals surface area contributed by atoms with Gasteiger partial charge in [-0.05, 0) is 38.5 Å². The van der Waals surface area contributed by atoms with Crippen molar-refractivity contribution in [1.29, 1.82) is 0 Å². The minimum absolute atomic E-state index is 0.415. The summed E-state index contributed by atoms with van der Waals surface area (Å²) in [5, 5.41) is 12.3. The second kappa shape index (κ2) is 7.99. The van der Waals surface area contributed by atoms with E-state index in [-0.39, 0.29) is 0 Å². The molecule has 0 aliphatic heterocycles. The molecule has 9 heteroatoms. The van der Waals surface area contributed by atoms with Gasteiger partial charge in [0.2, 0.25) is 5.91 Å². The van der Waals surface area contributed by atoms with Crippen molar-refractivity contribution in [2.75, 3.05) is 5.32 Å². The maximum Gasteiger partial charge on any atom is 0.418 e. The molecule has 2 aromatic carbocycles. The summed E-state index contributed by atoms with van der Waals surface area (Å²) in [6.45, 7) is 5.37. The molecule has 0 heterocycles. The minimum atomic E-state index is -4.84. The molecule has 0 saturated carbocycles. The van der Waals surface area contributed by atoms with E-state index in [0.29, 0.717) is 6.07 Å². The van der Waals surface area contributed by atoms with Crippen LogP contribution in [0, 0.1) is 24.0 Å². The van der Waals surface area contributed by atoms with E-state index in [1.165, 1.54) is 11.8 Å². The van der Waals surface area contributed by atoms with Gasteiger partial charge >= 0.3 is 6.18 Å². The summed E-state index contributed by atoms with van der Waals surface area (Å²) < 4.78 is 39.6. The van der Waals surface area contributed by atoms with Crippen molar-refractivity contribution in [1.82, 2.24) is 0 Å². The molecule has 5 nitrogen and oxygen atoms in total. The highest BCUT2D eigenvalue weighted by Gasteiger charge is 2.36. The van der Waals surface area contributed by atoms with Gasteiger partial charge in [0.1, 0.15) is 0 Å². The van der Waals surface area contributed by atoms with Gasteiger partial charge in [0.15, 0.2) is 0 Å². The number of non-ortho nitro benzene ring substituents is 1. The molecule has 1 amide bonds. The van der Waals surface area contributed by atoms with Crippen LogP contribution in [0.25, 0.3) is 0 Å². The first-order valence-corrected chi connectivity index (χ1v) is 8.77. The lowest BCUT2D eigenvalue weighted by atomic mass is 10.1. The van der Waals surface area contributed by atoms with Crippen LogP contribution in [0.3, 0.4) is 0 Å². The minimum Gasteiger partial charge on any atom is -0.325 e. The lowest BCUT2D eigenvalue weighted by Crippen LogP contribution is -2.24. The van der Waals surface area contributed by atoms with Gasteiger partial charge in [-0.15, -0.1) is 11.8 Å². The van der Waals surface area contributed by atoms with E-state index in [0.717, 1.165) is 28.2 Å². The summed E-state index contributed by atoms with van der Waals surface area (Å²) in [5.41, 5.74) is -0.499. The van der Waals surface area contributed by atoms with E-state index >= 15 is 0 Å². The Labute approximate surface area is 158 Å². The number of hydrogen-bond acceptors (Lipinski definition) is 4. The smallest absolute Gasteiger partial charge is 0.325 e. The van der Waals surface area contributed by atoms with Gasteiger partial charge in [-0.1, -0.05) is 17.7 Å². The highest BCUT2D eigenvalue weighted by molar-refractivity contribution is 8.00. The number of nitro benzene ring substituents is 1. The van der Waals surface area contributed by atoms with E-state index in [9.17, 15) is 28.1 Å². The fourth-order valence-corrected chi connectivity index (χ4v) is 3.36. The number of nitrogens with one attached hydrogen (secondary N) is 1.